The number of pyridine rings is 1. The van der Waals surface area contributed by atoms with E-state index in [2.05, 4.69) is 11.9 Å². The van der Waals surface area contributed by atoms with Crippen LogP contribution in [0.3, 0.4) is 0 Å². The van der Waals surface area contributed by atoms with Crippen molar-refractivity contribution < 1.29 is 5.11 Å². The quantitative estimate of drug-likeness (QED) is 0.722. The Hall–Kier alpha value is -0.890. The summed E-state index contributed by atoms with van der Waals surface area (Å²) in [5.41, 5.74) is 3.00. The smallest absolute Gasteiger partial charge is 0.0960 e. The predicted octanol–water partition coefficient (Wildman–Crippen LogP) is 4.09. The van der Waals surface area contributed by atoms with Crippen LogP contribution >= 0.6 is 0 Å². The average molecular weight is 235 g/mol. The molecule has 2 heteroatoms. The minimum atomic E-state index is -0.393. The number of nitrogens with zero attached hydrogens (tertiary/aromatic N) is 1. The minimum absolute atomic E-state index is 0.393. The van der Waals surface area contributed by atoms with Crippen LogP contribution in [0.4, 0.5) is 0 Å². The van der Waals surface area contributed by atoms with Crippen molar-refractivity contribution in [3.8, 4) is 0 Å². The van der Waals surface area contributed by atoms with Crippen molar-refractivity contribution >= 4 is 0 Å². The fourth-order valence-corrected chi connectivity index (χ4v) is 2.13. The maximum Gasteiger partial charge on any atom is 0.0960 e. The molecule has 1 aromatic heterocycles. The van der Waals surface area contributed by atoms with E-state index in [1.807, 2.05) is 26.0 Å². The Kier molecular flexibility index (Phi) is 6.20. The summed E-state index contributed by atoms with van der Waals surface area (Å²) >= 11 is 0. The molecule has 1 aromatic rings. The minimum Gasteiger partial charge on any atom is -0.387 e. The number of hydrogen-bond acceptors (Lipinski definition) is 2. The molecule has 0 aliphatic rings. The third-order valence-corrected chi connectivity index (χ3v) is 3.04. The first kappa shape index (κ1) is 14.2. The van der Waals surface area contributed by atoms with Crippen LogP contribution in [0, 0.1) is 13.8 Å². The van der Waals surface area contributed by atoms with E-state index in [0.717, 1.165) is 24.2 Å². The molecule has 1 heterocycles. The number of hydrogen-bond donors (Lipinski definition) is 1. The van der Waals surface area contributed by atoms with Gasteiger partial charge in [0, 0.05) is 5.69 Å². The molecule has 0 aliphatic heterocycles. The summed E-state index contributed by atoms with van der Waals surface area (Å²) in [6, 6.07) is 4.03. The highest BCUT2D eigenvalue weighted by Crippen LogP contribution is 2.19. The van der Waals surface area contributed by atoms with Gasteiger partial charge in [-0.15, -0.1) is 0 Å². The van der Waals surface area contributed by atoms with Gasteiger partial charge in [-0.2, -0.15) is 0 Å². The standard InChI is InChI=1S/C15H25NO/c1-4-5-6-7-8-9-15(17)14-11-12(2)10-13(3)16-14/h10-11,15,17H,4-9H2,1-3H3. The van der Waals surface area contributed by atoms with E-state index in [1.165, 1.54) is 31.2 Å². The van der Waals surface area contributed by atoms with Gasteiger partial charge < -0.3 is 5.11 Å². The highest BCUT2D eigenvalue weighted by Gasteiger charge is 2.09. The molecule has 0 radical (unpaired) electrons. The zero-order valence-corrected chi connectivity index (χ0v) is 11.4. The number of rotatable bonds is 7. The van der Waals surface area contributed by atoms with Crippen LogP contribution < -0.4 is 0 Å². The van der Waals surface area contributed by atoms with Crippen LogP contribution in [-0.2, 0) is 0 Å². The largest absolute Gasteiger partial charge is 0.387 e. The van der Waals surface area contributed by atoms with E-state index in [4.69, 9.17) is 0 Å². The molecule has 0 spiro atoms. The average Bonchev–Trinajstić information content (AvgIpc) is 2.27. The fourth-order valence-electron chi connectivity index (χ4n) is 2.13. The highest BCUT2D eigenvalue weighted by molar-refractivity contribution is 5.20. The first-order chi connectivity index (χ1) is 8.13. The first-order valence-corrected chi connectivity index (χ1v) is 6.76. The summed E-state index contributed by atoms with van der Waals surface area (Å²) in [5.74, 6) is 0. The van der Waals surface area contributed by atoms with E-state index in [0.29, 0.717) is 0 Å². The molecule has 2 nitrogen and oxygen atoms in total. The van der Waals surface area contributed by atoms with E-state index in [-0.39, 0.29) is 0 Å². The van der Waals surface area contributed by atoms with Gasteiger partial charge in [0.25, 0.3) is 0 Å². The van der Waals surface area contributed by atoms with Crippen molar-refractivity contribution in [2.24, 2.45) is 0 Å². The number of aliphatic hydroxyl groups excluding tert-OH is 1. The molecule has 96 valence electrons. The Bertz CT molecular complexity index is 315. The molecule has 1 N–H and O–H groups in total. The molecule has 1 rings (SSSR count). The summed E-state index contributed by atoms with van der Waals surface area (Å²) in [6.07, 6.45) is 6.60. The van der Waals surface area contributed by atoms with E-state index in [9.17, 15) is 5.11 Å². The van der Waals surface area contributed by atoms with Crippen LogP contribution in [0.2, 0.25) is 0 Å². The summed E-state index contributed by atoms with van der Waals surface area (Å²) in [4.78, 5) is 4.40. The van der Waals surface area contributed by atoms with Gasteiger partial charge in [0.15, 0.2) is 0 Å². The predicted molar refractivity (Wildman–Crippen MR) is 72.0 cm³/mol. The van der Waals surface area contributed by atoms with Gasteiger partial charge in [-0.1, -0.05) is 39.0 Å². The van der Waals surface area contributed by atoms with Crippen molar-refractivity contribution in [2.45, 2.75) is 65.4 Å². The Labute approximate surface area is 105 Å². The molecular formula is C15H25NO. The molecule has 0 fully saturated rings. The second-order valence-electron chi connectivity index (χ2n) is 4.93. The third kappa shape index (κ3) is 5.31. The molecule has 0 aromatic carbocycles. The normalized spacial score (nSPS) is 12.7. The molecule has 17 heavy (non-hydrogen) atoms. The highest BCUT2D eigenvalue weighted by atomic mass is 16.3. The van der Waals surface area contributed by atoms with Gasteiger partial charge in [-0.25, -0.2) is 0 Å². The van der Waals surface area contributed by atoms with Crippen LogP contribution in [0.15, 0.2) is 12.1 Å². The lowest BCUT2D eigenvalue weighted by Crippen LogP contribution is -2.02. The second kappa shape index (κ2) is 7.44. The van der Waals surface area contributed by atoms with Crippen LogP contribution in [0.25, 0.3) is 0 Å². The molecule has 0 saturated carbocycles. The summed E-state index contributed by atoms with van der Waals surface area (Å²) in [6.45, 7) is 6.24. The molecule has 0 bridgehead atoms. The van der Waals surface area contributed by atoms with E-state index < -0.39 is 6.10 Å². The van der Waals surface area contributed by atoms with Gasteiger partial charge in [0.1, 0.15) is 0 Å². The topological polar surface area (TPSA) is 33.1 Å². The Morgan fingerprint density at radius 2 is 1.82 bits per heavy atom. The monoisotopic (exact) mass is 235 g/mol. The maximum atomic E-state index is 10.1. The number of aliphatic hydroxyl groups is 1. The summed E-state index contributed by atoms with van der Waals surface area (Å²) < 4.78 is 0. The van der Waals surface area contributed by atoms with E-state index >= 15 is 0 Å². The fraction of sp³-hybridized carbons (Fsp3) is 0.667. The molecule has 0 saturated heterocycles. The SMILES string of the molecule is CCCCCCCC(O)c1cc(C)cc(C)n1. The molecule has 0 aliphatic carbocycles. The van der Waals surface area contributed by atoms with Crippen molar-refractivity contribution in [2.75, 3.05) is 0 Å². The zero-order valence-electron chi connectivity index (χ0n) is 11.4. The summed E-state index contributed by atoms with van der Waals surface area (Å²) in [5, 5.41) is 10.1. The van der Waals surface area contributed by atoms with E-state index in [1.54, 1.807) is 0 Å². The lowest BCUT2D eigenvalue weighted by Gasteiger charge is -2.11. The zero-order chi connectivity index (χ0) is 12.7. The second-order valence-corrected chi connectivity index (χ2v) is 4.93. The van der Waals surface area contributed by atoms with Gasteiger partial charge in [0.2, 0.25) is 0 Å². The van der Waals surface area contributed by atoms with Gasteiger partial charge in [-0.3, -0.25) is 4.98 Å². The Balaban J connectivity index is 2.38. The summed E-state index contributed by atoms with van der Waals surface area (Å²) in [7, 11) is 0. The lowest BCUT2D eigenvalue weighted by atomic mass is 10.0. The first-order valence-electron chi connectivity index (χ1n) is 6.76. The van der Waals surface area contributed by atoms with Crippen molar-refractivity contribution in [1.82, 2.24) is 4.98 Å². The third-order valence-electron chi connectivity index (χ3n) is 3.04. The maximum absolute atomic E-state index is 10.1. The van der Waals surface area contributed by atoms with Crippen molar-refractivity contribution in [3.05, 3.63) is 29.1 Å². The molecule has 1 unspecified atom stereocenters. The number of aryl methyl sites for hydroxylation is 2. The van der Waals surface area contributed by atoms with Crippen LogP contribution in [0.1, 0.15) is 68.5 Å². The van der Waals surface area contributed by atoms with Crippen molar-refractivity contribution in [3.63, 3.8) is 0 Å². The number of aromatic nitrogens is 1. The van der Waals surface area contributed by atoms with Gasteiger partial charge >= 0.3 is 0 Å². The van der Waals surface area contributed by atoms with Crippen molar-refractivity contribution in [1.29, 1.82) is 0 Å². The Morgan fingerprint density at radius 3 is 2.47 bits per heavy atom. The lowest BCUT2D eigenvalue weighted by molar-refractivity contribution is 0.158. The molecular weight excluding hydrogens is 210 g/mol. The van der Waals surface area contributed by atoms with Gasteiger partial charge in [-0.05, 0) is 38.0 Å². The van der Waals surface area contributed by atoms with Gasteiger partial charge in [0.05, 0.1) is 11.8 Å². The molecule has 0 amide bonds. The molecule has 1 atom stereocenters. The van der Waals surface area contributed by atoms with Crippen LogP contribution in [-0.4, -0.2) is 10.1 Å². The number of unbranched alkanes of at least 4 members (excludes halogenated alkanes) is 4. The Morgan fingerprint density at radius 1 is 1.12 bits per heavy atom. The van der Waals surface area contributed by atoms with Crippen LogP contribution in [0.5, 0.6) is 0 Å².